The molecule has 274 valence electrons. The van der Waals surface area contributed by atoms with Gasteiger partial charge in [-0.05, 0) is 48.5 Å². The number of halogens is 2. The van der Waals surface area contributed by atoms with E-state index in [0.717, 1.165) is 0 Å². The maximum atomic E-state index is 13.0. The summed E-state index contributed by atoms with van der Waals surface area (Å²) in [5.74, 6) is 0.118. The molecule has 14 heteroatoms. The molecule has 0 bridgehead atoms. The maximum absolute atomic E-state index is 13.0. The lowest BCUT2D eigenvalue weighted by Gasteiger charge is -2.29. The Balaban J connectivity index is 0.000000171. The quantitative estimate of drug-likeness (QED) is 0.0998. The number of alkyl halides is 2. The fraction of sp³-hybridized carbons (Fsp3) is 0.316. The smallest absolute Gasteiger partial charge is 0.204 e. The van der Waals surface area contributed by atoms with E-state index in [9.17, 15) is 40.2 Å². The number of hydrogen-bond acceptors (Lipinski definition) is 12. The van der Waals surface area contributed by atoms with Crippen molar-refractivity contribution < 1.29 is 48.9 Å². The zero-order valence-corrected chi connectivity index (χ0v) is 29.6. The summed E-state index contributed by atoms with van der Waals surface area (Å²) in [5.41, 5.74) is -1.52. The van der Waals surface area contributed by atoms with Crippen molar-refractivity contribution in [3.8, 4) is 23.0 Å². The van der Waals surface area contributed by atoms with Crippen molar-refractivity contribution in [2.75, 3.05) is 25.0 Å². The van der Waals surface area contributed by atoms with Gasteiger partial charge in [0, 0.05) is 24.0 Å². The van der Waals surface area contributed by atoms with Crippen molar-refractivity contribution in [2.24, 2.45) is 0 Å². The lowest BCUT2D eigenvalue weighted by atomic mass is 9.94. The molecule has 0 fully saturated rings. The van der Waals surface area contributed by atoms with Gasteiger partial charge in [-0.2, -0.15) is 0 Å². The Kier molecular flexibility index (Phi) is 10.3. The Hall–Kier alpha value is -4.56. The van der Waals surface area contributed by atoms with Gasteiger partial charge < -0.3 is 48.9 Å². The predicted octanol–water partition coefficient (Wildman–Crippen LogP) is 4.86. The minimum Gasteiger partial charge on any atom is -0.507 e. The highest BCUT2D eigenvalue weighted by molar-refractivity contribution is 6.19. The number of benzene rings is 4. The monoisotopic (exact) mass is 754 g/mol. The molecule has 6 aromatic rings. The van der Waals surface area contributed by atoms with Crippen molar-refractivity contribution in [1.29, 1.82) is 0 Å². The van der Waals surface area contributed by atoms with Crippen LogP contribution in [0.15, 0.2) is 79.1 Å². The van der Waals surface area contributed by atoms with Gasteiger partial charge >= 0.3 is 0 Å². The molecule has 0 spiro atoms. The lowest BCUT2D eigenvalue weighted by Crippen LogP contribution is -2.50. The van der Waals surface area contributed by atoms with Crippen LogP contribution in [-0.2, 0) is 12.8 Å². The summed E-state index contributed by atoms with van der Waals surface area (Å²) < 4.78 is 22.9. The van der Waals surface area contributed by atoms with E-state index in [1.54, 1.807) is 48.5 Å². The molecule has 6 N–H and O–H groups in total. The zero-order chi connectivity index (χ0) is 37.5. The largest absolute Gasteiger partial charge is 0.507 e. The first-order valence-electron chi connectivity index (χ1n) is 16.5. The van der Waals surface area contributed by atoms with Gasteiger partial charge in [0.15, 0.2) is 0 Å². The third-order valence-electron chi connectivity index (χ3n) is 9.35. The molecular weight excluding hydrogens is 719 g/mol. The number of ether oxygens (including phenoxy) is 2. The van der Waals surface area contributed by atoms with Gasteiger partial charge in [-0.3, -0.25) is 9.59 Å². The zero-order valence-electron chi connectivity index (χ0n) is 28.1. The Morgan fingerprint density at radius 2 is 0.981 bits per heavy atom. The van der Waals surface area contributed by atoms with E-state index in [4.69, 9.17) is 41.5 Å². The summed E-state index contributed by atoms with van der Waals surface area (Å²) >= 11 is 11.6. The van der Waals surface area contributed by atoms with Crippen LogP contribution in [0, 0.1) is 0 Å². The molecule has 4 aromatic carbocycles. The summed E-state index contributed by atoms with van der Waals surface area (Å²) in [7, 11) is 0. The fourth-order valence-corrected chi connectivity index (χ4v) is 6.99. The van der Waals surface area contributed by atoms with Crippen LogP contribution in [0.4, 0.5) is 0 Å². The van der Waals surface area contributed by atoms with Crippen LogP contribution in [0.2, 0.25) is 0 Å². The molecule has 0 saturated heterocycles. The summed E-state index contributed by atoms with van der Waals surface area (Å²) in [6.45, 7) is 2.87. The van der Waals surface area contributed by atoms with Crippen LogP contribution in [0.25, 0.3) is 43.9 Å². The van der Waals surface area contributed by atoms with Crippen molar-refractivity contribution in [3.05, 3.63) is 92.2 Å². The second kappa shape index (κ2) is 14.5. The maximum Gasteiger partial charge on any atom is 0.204 e. The minimum atomic E-state index is -1.62. The molecule has 4 unspecified atom stereocenters. The summed E-state index contributed by atoms with van der Waals surface area (Å²) in [6.07, 6.45) is -1.18. The third kappa shape index (κ3) is 6.09. The number of aliphatic hydroxyl groups excluding tert-OH is 2. The van der Waals surface area contributed by atoms with Gasteiger partial charge in [0.2, 0.25) is 10.9 Å². The highest BCUT2D eigenvalue weighted by Gasteiger charge is 2.43. The third-order valence-corrected chi connectivity index (χ3v) is 10.3. The van der Waals surface area contributed by atoms with Gasteiger partial charge in [-0.1, -0.05) is 26.0 Å². The number of hydrogen-bond donors (Lipinski definition) is 6. The Labute approximate surface area is 305 Å². The summed E-state index contributed by atoms with van der Waals surface area (Å²) in [6, 6.07) is 15.8. The van der Waals surface area contributed by atoms with E-state index in [1.807, 2.05) is 13.8 Å². The number of aromatic hydroxyl groups is 2. The van der Waals surface area contributed by atoms with E-state index in [0.29, 0.717) is 55.7 Å². The van der Waals surface area contributed by atoms with E-state index in [2.05, 4.69) is 0 Å². The van der Waals surface area contributed by atoms with E-state index in [1.165, 1.54) is 12.1 Å². The molecule has 2 aromatic heterocycles. The Morgan fingerprint density at radius 3 is 1.33 bits per heavy atom. The molecule has 2 aliphatic rings. The van der Waals surface area contributed by atoms with Crippen LogP contribution in [0.1, 0.15) is 25.0 Å². The van der Waals surface area contributed by atoms with E-state index < -0.39 is 36.6 Å². The first-order valence-corrected chi connectivity index (χ1v) is 17.6. The number of aliphatic hydroxyl groups is 4. The number of phenolic OH excluding ortho intramolecular Hbond substituents is 2. The normalized spacial score (nSPS) is 18.3. The molecule has 4 atom stereocenters. The molecular formula is C38H36Cl2O12. The van der Waals surface area contributed by atoms with Crippen molar-refractivity contribution in [1.82, 2.24) is 0 Å². The van der Waals surface area contributed by atoms with Gasteiger partial charge in [0.05, 0.1) is 35.7 Å². The van der Waals surface area contributed by atoms with E-state index in [-0.39, 0.29) is 57.7 Å². The average molecular weight is 756 g/mol. The Bertz CT molecular complexity index is 2240. The molecule has 2 aliphatic heterocycles. The summed E-state index contributed by atoms with van der Waals surface area (Å²) in [4.78, 5) is 25.9. The number of phenols is 2. The van der Waals surface area contributed by atoms with Gasteiger partial charge in [0.25, 0.3) is 0 Å². The van der Waals surface area contributed by atoms with Crippen LogP contribution in [0.5, 0.6) is 23.0 Å². The summed E-state index contributed by atoms with van der Waals surface area (Å²) in [5, 5.41) is 60.6. The van der Waals surface area contributed by atoms with Crippen molar-refractivity contribution >= 4 is 67.1 Å². The van der Waals surface area contributed by atoms with Crippen LogP contribution in [0.3, 0.4) is 0 Å². The molecule has 12 nitrogen and oxygen atoms in total. The average Bonchev–Trinajstić information content (AvgIpc) is 3.81. The highest BCUT2D eigenvalue weighted by atomic mass is 35.5. The minimum absolute atomic E-state index is 0.0987. The molecule has 52 heavy (non-hydrogen) atoms. The molecule has 4 heterocycles. The van der Waals surface area contributed by atoms with Crippen molar-refractivity contribution in [2.45, 2.75) is 50.1 Å². The molecule has 0 saturated carbocycles. The van der Waals surface area contributed by atoms with Gasteiger partial charge in [-0.25, -0.2) is 0 Å². The molecule has 0 aliphatic carbocycles. The van der Waals surface area contributed by atoms with Gasteiger partial charge in [0.1, 0.15) is 79.5 Å². The standard InChI is InChI=1S/2C18H15ClO6.C2H6/c2*19-7-18(23,8-20)14-6-9-11(25-14)4-5-13-15(9)17(22)16-10(21)2-1-3-12(16)24-13;1-2/h2*1-5,14,20-21,23H,6-8H2;1-2H3. The van der Waals surface area contributed by atoms with Crippen molar-refractivity contribution in [3.63, 3.8) is 0 Å². The van der Waals surface area contributed by atoms with Crippen LogP contribution >= 0.6 is 23.2 Å². The predicted molar refractivity (Wildman–Crippen MR) is 196 cm³/mol. The SMILES string of the molecule is CC.O=c1c2c(O)cccc2oc2ccc3c(c12)CC(C(O)(CO)CCl)O3.O=c1c2c(O)cccc2oc2ccc3c(c12)CC(C(O)(CO)CCl)O3. The fourth-order valence-electron chi connectivity index (χ4n) is 6.48. The van der Waals surface area contributed by atoms with Crippen LogP contribution < -0.4 is 20.3 Å². The molecule has 0 radical (unpaired) electrons. The second-order valence-corrected chi connectivity index (χ2v) is 12.9. The lowest BCUT2D eigenvalue weighted by molar-refractivity contribution is -0.0702. The molecule has 8 rings (SSSR count). The molecule has 0 amide bonds. The number of rotatable bonds is 6. The highest BCUT2D eigenvalue weighted by Crippen LogP contribution is 2.40. The first kappa shape index (κ1) is 37.2. The van der Waals surface area contributed by atoms with E-state index >= 15 is 0 Å². The number of fused-ring (bicyclic) bond motifs is 8. The topological polar surface area (TPSA) is 200 Å². The second-order valence-electron chi connectivity index (χ2n) is 12.4. The van der Waals surface area contributed by atoms with Gasteiger partial charge in [-0.15, -0.1) is 23.2 Å². The Morgan fingerprint density at radius 1 is 0.615 bits per heavy atom. The van der Waals surface area contributed by atoms with Crippen LogP contribution in [-0.4, -0.2) is 79.0 Å². The first-order chi connectivity index (χ1) is 25.0.